The molecule has 1 amide bonds. The van der Waals surface area contributed by atoms with E-state index in [-0.39, 0.29) is 23.5 Å². The highest BCUT2D eigenvalue weighted by Gasteiger charge is 2.21. The maximum absolute atomic E-state index is 11.1. The van der Waals surface area contributed by atoms with Crippen LogP contribution in [0.15, 0.2) is 0 Å². The van der Waals surface area contributed by atoms with Crippen LogP contribution in [0.25, 0.3) is 0 Å². The Bertz CT molecular complexity index is 215. The number of aliphatic hydroxyl groups is 1. The van der Waals surface area contributed by atoms with Crippen molar-refractivity contribution in [2.24, 2.45) is 5.41 Å². The van der Waals surface area contributed by atoms with Crippen molar-refractivity contribution in [1.29, 1.82) is 0 Å². The molecule has 0 aliphatic heterocycles. The third-order valence-electron chi connectivity index (χ3n) is 2.55. The van der Waals surface area contributed by atoms with Crippen LogP contribution in [0.1, 0.15) is 40.5 Å². The molecule has 0 rings (SSSR count). The van der Waals surface area contributed by atoms with Crippen molar-refractivity contribution >= 4 is 5.91 Å². The van der Waals surface area contributed by atoms with Gasteiger partial charge in [0, 0.05) is 26.1 Å². The van der Waals surface area contributed by atoms with E-state index in [4.69, 9.17) is 0 Å². The molecule has 3 N–H and O–H groups in total. The van der Waals surface area contributed by atoms with Crippen molar-refractivity contribution in [3.8, 4) is 0 Å². The molecule has 0 aliphatic rings. The van der Waals surface area contributed by atoms with E-state index in [0.29, 0.717) is 6.42 Å². The van der Waals surface area contributed by atoms with Crippen molar-refractivity contribution in [3.63, 3.8) is 0 Å². The molecule has 0 aromatic carbocycles. The molecule has 16 heavy (non-hydrogen) atoms. The zero-order valence-electron chi connectivity index (χ0n) is 11.1. The van der Waals surface area contributed by atoms with Crippen molar-refractivity contribution in [2.75, 3.05) is 13.6 Å². The second-order valence-corrected chi connectivity index (χ2v) is 5.38. The second kappa shape index (κ2) is 6.86. The average Bonchev–Trinajstić information content (AvgIpc) is 2.13. The molecule has 2 unspecified atom stereocenters. The van der Waals surface area contributed by atoms with Crippen LogP contribution in [0, 0.1) is 5.41 Å². The zero-order chi connectivity index (χ0) is 12.8. The Morgan fingerprint density at radius 1 is 1.38 bits per heavy atom. The van der Waals surface area contributed by atoms with Gasteiger partial charge >= 0.3 is 0 Å². The molecule has 0 radical (unpaired) electrons. The average molecular weight is 230 g/mol. The number of nitrogens with one attached hydrogen (secondary N) is 2. The lowest BCUT2D eigenvalue weighted by Gasteiger charge is -2.28. The molecular formula is C12H26N2O2. The van der Waals surface area contributed by atoms with Gasteiger partial charge in [-0.2, -0.15) is 0 Å². The largest absolute Gasteiger partial charge is 0.393 e. The monoisotopic (exact) mass is 230 g/mol. The van der Waals surface area contributed by atoms with E-state index >= 15 is 0 Å². The first-order chi connectivity index (χ1) is 7.26. The summed E-state index contributed by atoms with van der Waals surface area (Å²) in [6.07, 6.45) is 0.958. The molecule has 0 aromatic heterocycles. The normalized spacial score (nSPS) is 15.6. The van der Waals surface area contributed by atoms with Crippen molar-refractivity contribution < 1.29 is 9.90 Å². The summed E-state index contributed by atoms with van der Waals surface area (Å²) in [6, 6.07) is 0.160. The number of amides is 1. The number of rotatable bonds is 7. The van der Waals surface area contributed by atoms with Crippen LogP contribution in [-0.2, 0) is 4.79 Å². The van der Waals surface area contributed by atoms with Gasteiger partial charge in [0.05, 0.1) is 6.10 Å². The van der Waals surface area contributed by atoms with E-state index < -0.39 is 0 Å². The Morgan fingerprint density at radius 2 is 1.94 bits per heavy atom. The van der Waals surface area contributed by atoms with Gasteiger partial charge in [-0.3, -0.25) is 4.79 Å². The predicted molar refractivity (Wildman–Crippen MR) is 66.2 cm³/mol. The van der Waals surface area contributed by atoms with Crippen LogP contribution in [0.2, 0.25) is 0 Å². The number of aliphatic hydroxyl groups excluding tert-OH is 1. The Morgan fingerprint density at radius 3 is 2.38 bits per heavy atom. The minimum atomic E-state index is -0.286. The van der Waals surface area contributed by atoms with Crippen molar-refractivity contribution in [1.82, 2.24) is 10.6 Å². The van der Waals surface area contributed by atoms with E-state index in [9.17, 15) is 9.90 Å². The van der Waals surface area contributed by atoms with E-state index in [1.165, 1.54) is 0 Å². The second-order valence-electron chi connectivity index (χ2n) is 5.38. The summed E-state index contributed by atoms with van der Waals surface area (Å²) in [5.41, 5.74) is 0.0467. The van der Waals surface area contributed by atoms with E-state index in [1.807, 2.05) is 6.92 Å². The smallest absolute Gasteiger partial charge is 0.221 e. The van der Waals surface area contributed by atoms with Gasteiger partial charge < -0.3 is 15.7 Å². The van der Waals surface area contributed by atoms with Crippen LogP contribution in [0.5, 0.6) is 0 Å². The Kier molecular flexibility index (Phi) is 6.60. The van der Waals surface area contributed by atoms with Gasteiger partial charge in [0.2, 0.25) is 5.91 Å². The van der Waals surface area contributed by atoms with Gasteiger partial charge in [-0.1, -0.05) is 13.8 Å². The molecule has 0 fully saturated rings. The standard InChI is InChI=1S/C12H26N2O2/c1-9(6-11(16)13-5)14-8-12(3,4)7-10(2)15/h9-10,14-15H,6-8H2,1-5H3,(H,13,16). The molecule has 0 heterocycles. The molecule has 4 nitrogen and oxygen atoms in total. The minimum absolute atomic E-state index is 0.0467. The highest BCUT2D eigenvalue weighted by Crippen LogP contribution is 2.21. The molecule has 96 valence electrons. The van der Waals surface area contributed by atoms with Gasteiger partial charge in [-0.05, 0) is 25.7 Å². The molecule has 0 saturated carbocycles. The maximum Gasteiger partial charge on any atom is 0.221 e. The SMILES string of the molecule is CNC(=O)CC(C)NCC(C)(C)CC(C)O. The molecule has 0 saturated heterocycles. The fourth-order valence-corrected chi connectivity index (χ4v) is 1.77. The lowest BCUT2D eigenvalue weighted by Crippen LogP contribution is -2.39. The number of hydrogen-bond donors (Lipinski definition) is 3. The first-order valence-electron chi connectivity index (χ1n) is 5.89. The van der Waals surface area contributed by atoms with Gasteiger partial charge in [0.25, 0.3) is 0 Å². The predicted octanol–water partition coefficient (Wildman–Crippen LogP) is 0.898. The Balaban J connectivity index is 3.89. The fourth-order valence-electron chi connectivity index (χ4n) is 1.77. The number of hydrogen-bond acceptors (Lipinski definition) is 3. The summed E-state index contributed by atoms with van der Waals surface area (Å²) in [5.74, 6) is 0.0494. The van der Waals surface area contributed by atoms with Crippen molar-refractivity contribution in [2.45, 2.75) is 52.7 Å². The lowest BCUT2D eigenvalue weighted by atomic mass is 9.86. The summed E-state index contributed by atoms with van der Waals surface area (Å²) in [7, 11) is 1.65. The molecule has 2 atom stereocenters. The van der Waals surface area contributed by atoms with Crippen LogP contribution >= 0.6 is 0 Å². The molecular weight excluding hydrogens is 204 g/mol. The Hall–Kier alpha value is -0.610. The fraction of sp³-hybridized carbons (Fsp3) is 0.917. The third kappa shape index (κ3) is 7.65. The summed E-state index contributed by atoms with van der Waals surface area (Å²) in [4.78, 5) is 11.1. The third-order valence-corrected chi connectivity index (χ3v) is 2.55. The van der Waals surface area contributed by atoms with Gasteiger partial charge in [-0.25, -0.2) is 0 Å². The highest BCUT2D eigenvalue weighted by molar-refractivity contribution is 5.76. The van der Waals surface area contributed by atoms with E-state index in [2.05, 4.69) is 24.5 Å². The van der Waals surface area contributed by atoms with Crippen LogP contribution in [0.3, 0.4) is 0 Å². The van der Waals surface area contributed by atoms with Gasteiger partial charge in [-0.15, -0.1) is 0 Å². The number of carbonyl (C=O) groups is 1. The summed E-state index contributed by atoms with van der Waals surface area (Å²) < 4.78 is 0. The topological polar surface area (TPSA) is 61.4 Å². The first kappa shape index (κ1) is 15.4. The summed E-state index contributed by atoms with van der Waals surface area (Å²) in [6.45, 7) is 8.82. The molecule has 0 spiro atoms. The van der Waals surface area contributed by atoms with Crippen LogP contribution < -0.4 is 10.6 Å². The van der Waals surface area contributed by atoms with Crippen molar-refractivity contribution in [3.05, 3.63) is 0 Å². The summed E-state index contributed by atoms with van der Waals surface area (Å²) in [5, 5.41) is 15.3. The molecule has 0 bridgehead atoms. The first-order valence-corrected chi connectivity index (χ1v) is 5.89. The van der Waals surface area contributed by atoms with Crippen LogP contribution in [-0.4, -0.2) is 36.8 Å². The molecule has 0 aromatic rings. The minimum Gasteiger partial charge on any atom is -0.393 e. The Labute approximate surface area is 98.8 Å². The summed E-state index contributed by atoms with van der Waals surface area (Å²) >= 11 is 0. The maximum atomic E-state index is 11.1. The lowest BCUT2D eigenvalue weighted by molar-refractivity contribution is -0.121. The molecule has 4 heteroatoms. The van der Waals surface area contributed by atoms with E-state index in [0.717, 1.165) is 13.0 Å². The van der Waals surface area contributed by atoms with E-state index in [1.54, 1.807) is 14.0 Å². The van der Waals surface area contributed by atoms with Gasteiger partial charge in [0.15, 0.2) is 0 Å². The quantitative estimate of drug-likeness (QED) is 0.609. The van der Waals surface area contributed by atoms with Gasteiger partial charge in [0.1, 0.15) is 0 Å². The zero-order valence-corrected chi connectivity index (χ0v) is 11.1. The highest BCUT2D eigenvalue weighted by atomic mass is 16.3. The van der Waals surface area contributed by atoms with Crippen LogP contribution in [0.4, 0.5) is 0 Å². The molecule has 0 aliphatic carbocycles. The number of carbonyl (C=O) groups excluding carboxylic acids is 1.